The minimum absolute atomic E-state index is 0.104. The van der Waals surface area contributed by atoms with Crippen LogP contribution in [-0.4, -0.2) is 43.0 Å². The first-order valence-corrected chi connectivity index (χ1v) is 7.52. The predicted octanol–water partition coefficient (Wildman–Crippen LogP) is 0.204. The van der Waals surface area contributed by atoms with E-state index in [0.29, 0.717) is 13.1 Å². The molecule has 0 bridgehead atoms. The van der Waals surface area contributed by atoms with Gasteiger partial charge in [-0.2, -0.15) is 0 Å². The number of carbonyl (C=O) groups excluding carboxylic acids is 2. The van der Waals surface area contributed by atoms with Crippen molar-refractivity contribution in [1.82, 2.24) is 10.2 Å². The minimum atomic E-state index is -0.271. The molecule has 0 aliphatic carbocycles. The van der Waals surface area contributed by atoms with Crippen molar-refractivity contribution in [2.75, 3.05) is 20.1 Å². The van der Waals surface area contributed by atoms with Crippen LogP contribution in [0.1, 0.15) is 25.0 Å². The number of aryl methyl sites for hydroxylation is 1. The van der Waals surface area contributed by atoms with Crippen LogP contribution in [0.5, 0.6) is 0 Å². The Morgan fingerprint density at radius 2 is 1.95 bits per heavy atom. The van der Waals surface area contributed by atoms with E-state index in [4.69, 9.17) is 0 Å². The van der Waals surface area contributed by atoms with Crippen molar-refractivity contribution in [3.05, 3.63) is 35.4 Å². The van der Waals surface area contributed by atoms with Crippen LogP contribution >= 0.6 is 0 Å². The maximum atomic E-state index is 12.3. The topological polar surface area (TPSA) is 53.9 Å². The highest BCUT2D eigenvalue weighted by Gasteiger charge is 2.33. The highest BCUT2D eigenvalue weighted by molar-refractivity contribution is 5.97. The molecule has 2 rings (SSSR count). The maximum Gasteiger partial charge on any atom is 0.324 e. The van der Waals surface area contributed by atoms with Gasteiger partial charge in [0.2, 0.25) is 0 Å². The lowest BCUT2D eigenvalue weighted by molar-refractivity contribution is -0.908. The van der Waals surface area contributed by atoms with E-state index >= 15 is 0 Å². The molecule has 1 aliphatic heterocycles. The van der Waals surface area contributed by atoms with E-state index in [9.17, 15) is 9.59 Å². The molecule has 1 saturated heterocycles. The molecule has 0 aromatic heterocycles. The molecule has 0 radical (unpaired) electrons. The fourth-order valence-electron chi connectivity index (χ4n) is 2.49. The zero-order valence-corrected chi connectivity index (χ0v) is 13.0. The molecule has 114 valence electrons. The number of amides is 3. The van der Waals surface area contributed by atoms with Gasteiger partial charge in [0.25, 0.3) is 5.91 Å². The Balaban J connectivity index is 1.96. The number of nitrogens with zero attached hydrogens (tertiary/aromatic N) is 1. The lowest BCUT2D eigenvalue weighted by Crippen LogP contribution is -3.12. The second kappa shape index (κ2) is 6.72. The van der Waals surface area contributed by atoms with E-state index < -0.39 is 0 Å². The van der Waals surface area contributed by atoms with Crippen LogP contribution in [0.2, 0.25) is 0 Å². The normalized spacial score (nSPS) is 17.5. The number of likely N-dealkylation sites (N-methyl/N-ethyl adjacent to an activating group) is 1. The molecule has 21 heavy (non-hydrogen) atoms. The van der Waals surface area contributed by atoms with Gasteiger partial charge in [0.05, 0.1) is 7.05 Å². The van der Waals surface area contributed by atoms with Crippen LogP contribution in [-0.2, 0) is 17.8 Å². The minimum Gasteiger partial charge on any atom is -0.336 e. The SMILES string of the molecule is CCc1ccc(C[NH+](C)[C@H](C)C(=O)N2CCNC2=O)cc1. The Hall–Kier alpha value is -1.88. The third-order valence-electron chi connectivity index (χ3n) is 4.15. The molecular formula is C16H24N3O2+. The first kappa shape index (κ1) is 15.5. The summed E-state index contributed by atoms with van der Waals surface area (Å²) in [5.74, 6) is -0.104. The molecule has 0 spiro atoms. The van der Waals surface area contributed by atoms with Gasteiger partial charge in [-0.25, -0.2) is 4.79 Å². The van der Waals surface area contributed by atoms with E-state index in [2.05, 4.69) is 36.5 Å². The van der Waals surface area contributed by atoms with Gasteiger partial charge in [0.15, 0.2) is 6.04 Å². The lowest BCUT2D eigenvalue weighted by atomic mass is 10.1. The monoisotopic (exact) mass is 290 g/mol. The van der Waals surface area contributed by atoms with Gasteiger partial charge in [-0.3, -0.25) is 9.69 Å². The number of quaternary nitrogens is 1. The van der Waals surface area contributed by atoms with Gasteiger partial charge in [0.1, 0.15) is 6.54 Å². The van der Waals surface area contributed by atoms with Gasteiger partial charge in [-0.05, 0) is 18.9 Å². The Kier molecular flexibility index (Phi) is 4.96. The average molecular weight is 290 g/mol. The van der Waals surface area contributed by atoms with Crippen molar-refractivity contribution in [3.63, 3.8) is 0 Å². The van der Waals surface area contributed by atoms with Crippen LogP contribution in [0.3, 0.4) is 0 Å². The molecule has 2 N–H and O–H groups in total. The highest BCUT2D eigenvalue weighted by atomic mass is 16.2. The first-order valence-electron chi connectivity index (χ1n) is 7.52. The van der Waals surface area contributed by atoms with Crippen molar-refractivity contribution >= 4 is 11.9 Å². The number of hydrogen-bond donors (Lipinski definition) is 2. The number of carbonyl (C=O) groups is 2. The van der Waals surface area contributed by atoms with E-state index in [1.54, 1.807) is 0 Å². The second-order valence-electron chi connectivity index (χ2n) is 5.64. The first-order chi connectivity index (χ1) is 10.0. The third kappa shape index (κ3) is 3.61. The van der Waals surface area contributed by atoms with E-state index in [0.717, 1.165) is 17.9 Å². The van der Waals surface area contributed by atoms with E-state index in [1.807, 2.05) is 14.0 Å². The number of benzene rings is 1. The van der Waals surface area contributed by atoms with Crippen molar-refractivity contribution in [1.29, 1.82) is 0 Å². The Morgan fingerprint density at radius 3 is 2.48 bits per heavy atom. The molecule has 1 heterocycles. The molecule has 1 fully saturated rings. The van der Waals surface area contributed by atoms with Gasteiger partial charge < -0.3 is 10.2 Å². The number of rotatable bonds is 5. The fourth-order valence-corrected chi connectivity index (χ4v) is 2.49. The maximum absolute atomic E-state index is 12.3. The second-order valence-corrected chi connectivity index (χ2v) is 5.64. The molecule has 5 nitrogen and oxygen atoms in total. The summed E-state index contributed by atoms with van der Waals surface area (Å²) in [4.78, 5) is 26.3. The van der Waals surface area contributed by atoms with Crippen molar-refractivity contribution in [3.8, 4) is 0 Å². The smallest absolute Gasteiger partial charge is 0.324 e. The average Bonchev–Trinajstić information content (AvgIpc) is 2.92. The predicted molar refractivity (Wildman–Crippen MR) is 81.0 cm³/mol. The van der Waals surface area contributed by atoms with Crippen LogP contribution in [0.4, 0.5) is 4.79 Å². The van der Waals surface area contributed by atoms with E-state index in [-0.39, 0.29) is 18.0 Å². The summed E-state index contributed by atoms with van der Waals surface area (Å²) in [5.41, 5.74) is 2.52. The number of imide groups is 1. The lowest BCUT2D eigenvalue weighted by Gasteiger charge is -2.24. The molecular weight excluding hydrogens is 266 g/mol. The largest absolute Gasteiger partial charge is 0.336 e. The summed E-state index contributed by atoms with van der Waals surface area (Å²) in [6.07, 6.45) is 1.03. The summed E-state index contributed by atoms with van der Waals surface area (Å²) in [7, 11) is 1.99. The van der Waals surface area contributed by atoms with Gasteiger partial charge in [0, 0.05) is 18.7 Å². The molecule has 1 aliphatic rings. The third-order valence-corrected chi connectivity index (χ3v) is 4.15. The van der Waals surface area contributed by atoms with Gasteiger partial charge >= 0.3 is 6.03 Å². The zero-order valence-electron chi connectivity index (χ0n) is 13.0. The van der Waals surface area contributed by atoms with Crippen molar-refractivity contribution in [2.24, 2.45) is 0 Å². The van der Waals surface area contributed by atoms with Crippen molar-refractivity contribution in [2.45, 2.75) is 32.9 Å². The van der Waals surface area contributed by atoms with Crippen molar-refractivity contribution < 1.29 is 14.5 Å². The molecule has 1 aromatic carbocycles. The summed E-state index contributed by atoms with van der Waals surface area (Å²) < 4.78 is 0. The summed E-state index contributed by atoms with van der Waals surface area (Å²) in [6, 6.07) is 7.97. The van der Waals surface area contributed by atoms with E-state index in [1.165, 1.54) is 16.0 Å². The highest BCUT2D eigenvalue weighted by Crippen LogP contribution is 2.04. The molecule has 5 heteroatoms. The number of nitrogens with one attached hydrogen (secondary N) is 2. The molecule has 0 saturated carbocycles. The van der Waals surface area contributed by atoms with Crippen LogP contribution in [0, 0.1) is 0 Å². The summed E-state index contributed by atoms with van der Waals surface area (Å²) in [5, 5.41) is 2.66. The molecule has 3 amide bonds. The van der Waals surface area contributed by atoms with Crippen LogP contribution in [0.25, 0.3) is 0 Å². The van der Waals surface area contributed by atoms with Gasteiger partial charge in [-0.15, -0.1) is 0 Å². The van der Waals surface area contributed by atoms with Crippen LogP contribution < -0.4 is 10.2 Å². The fraction of sp³-hybridized carbons (Fsp3) is 0.500. The number of hydrogen-bond acceptors (Lipinski definition) is 2. The Morgan fingerprint density at radius 1 is 1.33 bits per heavy atom. The molecule has 1 aromatic rings. The number of urea groups is 1. The summed E-state index contributed by atoms with van der Waals surface area (Å²) >= 11 is 0. The zero-order chi connectivity index (χ0) is 15.4. The quantitative estimate of drug-likeness (QED) is 0.814. The summed E-state index contributed by atoms with van der Waals surface area (Å²) in [6.45, 7) is 5.81. The standard InChI is InChI=1S/C16H23N3O2/c1-4-13-5-7-14(8-6-13)11-18(3)12(2)15(20)19-10-9-17-16(19)21/h5-8,12H,4,9-11H2,1-3H3,(H,17,21)/p+1/t12-/m1/s1. The molecule has 2 atom stereocenters. The molecule has 1 unspecified atom stereocenters. The Labute approximate surface area is 125 Å². The van der Waals surface area contributed by atoms with Crippen LogP contribution in [0.15, 0.2) is 24.3 Å². The Bertz CT molecular complexity index is 513. The van der Waals surface area contributed by atoms with Gasteiger partial charge in [-0.1, -0.05) is 31.2 Å².